The van der Waals surface area contributed by atoms with Crippen LogP contribution in [0.15, 0.2) is 6.20 Å². The first kappa shape index (κ1) is 9.97. The molecule has 0 spiro atoms. The molecule has 0 aliphatic rings. The highest BCUT2D eigenvalue weighted by molar-refractivity contribution is 5.85. The van der Waals surface area contributed by atoms with Gasteiger partial charge < -0.3 is 10.1 Å². The second-order valence-electron chi connectivity index (χ2n) is 1.92. The summed E-state index contributed by atoms with van der Waals surface area (Å²) in [5.74, 6) is -1.00. The fourth-order valence-electron chi connectivity index (χ4n) is 0.647. The van der Waals surface area contributed by atoms with Gasteiger partial charge in [0.2, 0.25) is 5.82 Å². The maximum atomic E-state index is 10.2. The molecule has 62 valence electrons. The number of carboxylic acid groups (broad SMARTS) is 1. The lowest BCUT2D eigenvalue weighted by molar-refractivity contribution is 0.0684. The Morgan fingerprint density at radius 2 is 2.45 bits per heavy atom. The summed E-state index contributed by atoms with van der Waals surface area (Å²) in [4.78, 5) is 16.5. The van der Waals surface area contributed by atoms with Crippen molar-refractivity contribution in [1.82, 2.24) is 9.97 Å². The monoisotopic (exact) mass is 176 g/mol. The van der Waals surface area contributed by atoms with Crippen LogP contribution in [-0.2, 0) is 6.42 Å². The summed E-state index contributed by atoms with van der Waals surface area (Å²) in [5, 5.41) is 8.40. The minimum atomic E-state index is -1.01. The van der Waals surface area contributed by atoms with Crippen LogP contribution in [0, 0.1) is 0 Å². The van der Waals surface area contributed by atoms with E-state index in [-0.39, 0.29) is 18.2 Å². The molecule has 0 fully saturated rings. The molecule has 0 unspecified atom stereocenters. The van der Waals surface area contributed by atoms with Crippen molar-refractivity contribution in [3.63, 3.8) is 0 Å². The van der Waals surface area contributed by atoms with Gasteiger partial charge in [0.15, 0.2) is 0 Å². The Labute approximate surface area is 70.1 Å². The molecule has 0 radical (unpaired) electrons. The number of carbonyl (C=O) groups is 1. The topological polar surface area (TPSA) is 66.0 Å². The average Bonchev–Trinajstić information content (AvgIpc) is 2.34. The summed E-state index contributed by atoms with van der Waals surface area (Å²) in [5.41, 5.74) is 0.845. The Morgan fingerprint density at radius 1 is 1.82 bits per heavy atom. The first-order valence-electron chi connectivity index (χ1n) is 3.01. The smallest absolute Gasteiger partial charge is 0.371 e. The Hall–Kier alpha value is -1.03. The van der Waals surface area contributed by atoms with Crippen LogP contribution in [-0.4, -0.2) is 21.0 Å². The van der Waals surface area contributed by atoms with Gasteiger partial charge in [-0.05, 0) is 6.42 Å². The lowest BCUT2D eigenvalue weighted by Gasteiger charge is -1.84. The molecule has 1 aromatic heterocycles. The first-order valence-corrected chi connectivity index (χ1v) is 3.01. The van der Waals surface area contributed by atoms with Crippen molar-refractivity contribution >= 4 is 18.4 Å². The molecule has 0 aliphatic carbocycles. The van der Waals surface area contributed by atoms with Gasteiger partial charge in [-0.3, -0.25) is 0 Å². The Balaban J connectivity index is 0.000001000. The molecule has 11 heavy (non-hydrogen) atoms. The third kappa shape index (κ3) is 2.23. The molecule has 5 heteroatoms. The molecule has 2 N–H and O–H groups in total. The fourth-order valence-corrected chi connectivity index (χ4v) is 0.647. The Morgan fingerprint density at radius 3 is 2.73 bits per heavy atom. The van der Waals surface area contributed by atoms with Crippen LogP contribution in [0.25, 0.3) is 0 Å². The number of nitrogens with zero attached hydrogens (tertiary/aromatic N) is 1. The largest absolute Gasteiger partial charge is 0.475 e. The second-order valence-corrected chi connectivity index (χ2v) is 1.92. The van der Waals surface area contributed by atoms with E-state index in [2.05, 4.69) is 9.97 Å². The third-order valence-electron chi connectivity index (χ3n) is 1.21. The van der Waals surface area contributed by atoms with Crippen LogP contribution in [0.3, 0.4) is 0 Å². The number of hydrogen-bond donors (Lipinski definition) is 2. The highest BCUT2D eigenvalue weighted by atomic mass is 35.5. The standard InChI is InChI=1S/C6H8N2O2.ClH/c1-2-4-3-7-5(8-4)6(9)10;/h3H,2H2,1H3,(H,7,8)(H,9,10);1H. The number of carboxylic acids is 1. The average molecular weight is 177 g/mol. The lowest BCUT2D eigenvalue weighted by atomic mass is 10.4. The number of aromatic carboxylic acids is 1. The lowest BCUT2D eigenvalue weighted by Crippen LogP contribution is -1.98. The number of nitrogens with one attached hydrogen (secondary N) is 1. The van der Waals surface area contributed by atoms with Crippen LogP contribution in [0.5, 0.6) is 0 Å². The molecular formula is C6H9ClN2O2. The fraction of sp³-hybridized carbons (Fsp3) is 0.333. The van der Waals surface area contributed by atoms with E-state index in [9.17, 15) is 4.79 Å². The summed E-state index contributed by atoms with van der Waals surface area (Å²) in [6.07, 6.45) is 2.31. The van der Waals surface area contributed by atoms with Gasteiger partial charge in [-0.25, -0.2) is 9.78 Å². The van der Waals surface area contributed by atoms with Crippen molar-refractivity contribution in [1.29, 1.82) is 0 Å². The van der Waals surface area contributed by atoms with Crippen molar-refractivity contribution in [3.8, 4) is 0 Å². The molecule has 0 saturated carbocycles. The van der Waals surface area contributed by atoms with Gasteiger partial charge in [0.1, 0.15) is 0 Å². The summed E-state index contributed by atoms with van der Waals surface area (Å²) in [7, 11) is 0. The van der Waals surface area contributed by atoms with Crippen molar-refractivity contribution in [3.05, 3.63) is 17.7 Å². The number of hydrogen-bond acceptors (Lipinski definition) is 2. The number of H-pyrrole nitrogens is 1. The van der Waals surface area contributed by atoms with E-state index < -0.39 is 5.97 Å². The SMILES string of the molecule is CCc1cnc(C(=O)O)[nH]1.Cl. The second kappa shape index (κ2) is 3.98. The minimum absolute atomic E-state index is 0. The molecule has 0 amide bonds. The van der Waals surface area contributed by atoms with Gasteiger partial charge in [-0.2, -0.15) is 0 Å². The van der Waals surface area contributed by atoms with Gasteiger partial charge in [0, 0.05) is 11.9 Å². The summed E-state index contributed by atoms with van der Waals surface area (Å²) >= 11 is 0. The molecule has 0 aliphatic heterocycles. The zero-order valence-corrected chi connectivity index (χ0v) is 6.81. The Bertz CT molecular complexity index is 246. The van der Waals surface area contributed by atoms with E-state index >= 15 is 0 Å². The highest BCUT2D eigenvalue weighted by Crippen LogP contribution is 1.96. The van der Waals surface area contributed by atoms with Gasteiger partial charge in [0.05, 0.1) is 0 Å². The van der Waals surface area contributed by atoms with Gasteiger partial charge >= 0.3 is 5.97 Å². The van der Waals surface area contributed by atoms with E-state index in [1.54, 1.807) is 0 Å². The van der Waals surface area contributed by atoms with E-state index in [0.717, 1.165) is 12.1 Å². The van der Waals surface area contributed by atoms with Gasteiger partial charge in [-0.1, -0.05) is 6.92 Å². The number of rotatable bonds is 2. The molecular weight excluding hydrogens is 168 g/mol. The zero-order chi connectivity index (χ0) is 7.56. The zero-order valence-electron chi connectivity index (χ0n) is 6.00. The first-order chi connectivity index (χ1) is 4.74. The maximum Gasteiger partial charge on any atom is 0.371 e. The molecule has 0 aromatic carbocycles. The highest BCUT2D eigenvalue weighted by Gasteiger charge is 2.05. The number of aromatic nitrogens is 2. The van der Waals surface area contributed by atoms with Crippen LogP contribution in [0.4, 0.5) is 0 Å². The van der Waals surface area contributed by atoms with Crippen molar-refractivity contribution in [2.45, 2.75) is 13.3 Å². The number of aromatic amines is 1. The van der Waals surface area contributed by atoms with Gasteiger partial charge in [0.25, 0.3) is 0 Å². The van der Waals surface area contributed by atoms with Gasteiger partial charge in [-0.15, -0.1) is 12.4 Å². The quantitative estimate of drug-likeness (QED) is 0.709. The normalized spacial score (nSPS) is 8.82. The number of halogens is 1. The molecule has 0 atom stereocenters. The van der Waals surface area contributed by atoms with Crippen LogP contribution in [0.2, 0.25) is 0 Å². The van der Waals surface area contributed by atoms with Crippen LogP contribution >= 0.6 is 12.4 Å². The predicted molar refractivity (Wildman–Crippen MR) is 42.2 cm³/mol. The molecule has 1 aromatic rings. The van der Waals surface area contributed by atoms with Crippen molar-refractivity contribution in [2.75, 3.05) is 0 Å². The molecule has 1 heterocycles. The van der Waals surface area contributed by atoms with Crippen LogP contribution in [0.1, 0.15) is 23.2 Å². The number of aryl methyl sites for hydroxylation is 1. The predicted octanol–water partition coefficient (Wildman–Crippen LogP) is 1.09. The maximum absolute atomic E-state index is 10.2. The van der Waals surface area contributed by atoms with Crippen molar-refractivity contribution in [2.24, 2.45) is 0 Å². The number of imidazole rings is 1. The van der Waals surface area contributed by atoms with Crippen molar-refractivity contribution < 1.29 is 9.90 Å². The minimum Gasteiger partial charge on any atom is -0.475 e. The third-order valence-corrected chi connectivity index (χ3v) is 1.21. The summed E-state index contributed by atoms with van der Waals surface area (Å²) in [6.45, 7) is 1.93. The molecule has 0 saturated heterocycles. The van der Waals surface area contributed by atoms with E-state index in [4.69, 9.17) is 5.11 Å². The summed E-state index contributed by atoms with van der Waals surface area (Å²) in [6, 6.07) is 0. The van der Waals surface area contributed by atoms with E-state index in [0.29, 0.717) is 0 Å². The summed E-state index contributed by atoms with van der Waals surface area (Å²) < 4.78 is 0. The molecule has 1 rings (SSSR count). The van der Waals surface area contributed by atoms with E-state index in [1.165, 1.54) is 6.20 Å². The van der Waals surface area contributed by atoms with Crippen LogP contribution < -0.4 is 0 Å². The Kier molecular flexibility index (Phi) is 3.60. The molecule has 0 bridgehead atoms. The molecule has 4 nitrogen and oxygen atoms in total. The van der Waals surface area contributed by atoms with E-state index in [1.807, 2.05) is 6.92 Å².